The smallest absolute Gasteiger partial charge is 0.0346 e. The van der Waals surface area contributed by atoms with Crippen molar-refractivity contribution in [2.24, 2.45) is 0 Å². The Labute approximate surface area is 247 Å². The number of allylic oxidation sites excluding steroid dienone is 4. The van der Waals surface area contributed by atoms with Crippen molar-refractivity contribution in [1.82, 2.24) is 4.98 Å². The number of hydrogen-bond acceptors (Lipinski definition) is 1. The van der Waals surface area contributed by atoms with Crippen LogP contribution in [0.15, 0.2) is 187 Å². The Kier molecular flexibility index (Phi) is 6.98. The van der Waals surface area contributed by atoms with Crippen molar-refractivity contribution >= 4 is 22.3 Å². The first-order valence-corrected chi connectivity index (χ1v) is 14.3. The molecule has 5 aromatic carbocycles. The van der Waals surface area contributed by atoms with Crippen LogP contribution in [0, 0.1) is 0 Å². The molecule has 0 unspecified atom stereocenters. The summed E-state index contributed by atoms with van der Waals surface area (Å²) in [6, 6.07) is 58.1. The van der Waals surface area contributed by atoms with Crippen LogP contribution in [0.4, 0.5) is 0 Å². The standard InChI is InChI=1S/C41H29N/c1-6-17-30(18-7-1)36(31-19-8-2-9-20-31)40-38(34-25-14-5-15-26-34)39(35-27-16-28-42-29-35)41(40)37(32-21-10-3-11-22-32)33-23-12-4-13-24-33/h1-29H. The van der Waals surface area contributed by atoms with Gasteiger partial charge < -0.3 is 0 Å². The zero-order valence-electron chi connectivity index (χ0n) is 23.2. The molecule has 0 bridgehead atoms. The van der Waals surface area contributed by atoms with Crippen LogP contribution in [0.3, 0.4) is 0 Å². The van der Waals surface area contributed by atoms with E-state index in [0.29, 0.717) is 0 Å². The van der Waals surface area contributed by atoms with Crippen molar-refractivity contribution in [3.63, 3.8) is 0 Å². The first kappa shape index (κ1) is 25.4. The van der Waals surface area contributed by atoms with Crippen molar-refractivity contribution in [2.45, 2.75) is 0 Å². The third kappa shape index (κ3) is 4.72. The zero-order valence-corrected chi connectivity index (χ0v) is 23.2. The Balaban J connectivity index is 1.71. The van der Waals surface area contributed by atoms with Crippen LogP contribution < -0.4 is 0 Å². The molecule has 7 rings (SSSR count). The second-order valence-electron chi connectivity index (χ2n) is 10.3. The summed E-state index contributed by atoms with van der Waals surface area (Å²) in [6.45, 7) is 0. The van der Waals surface area contributed by atoms with Gasteiger partial charge in [-0.3, -0.25) is 4.98 Å². The van der Waals surface area contributed by atoms with Gasteiger partial charge in [-0.05, 0) is 61.7 Å². The molecule has 0 atom stereocenters. The summed E-state index contributed by atoms with van der Waals surface area (Å²) in [5, 5.41) is 0. The maximum atomic E-state index is 4.57. The molecule has 0 saturated carbocycles. The van der Waals surface area contributed by atoms with Crippen molar-refractivity contribution < 1.29 is 0 Å². The number of hydrogen-bond donors (Lipinski definition) is 0. The van der Waals surface area contributed by atoms with E-state index >= 15 is 0 Å². The Morgan fingerprint density at radius 2 is 0.667 bits per heavy atom. The van der Waals surface area contributed by atoms with E-state index in [9.17, 15) is 0 Å². The lowest BCUT2D eigenvalue weighted by atomic mass is 9.65. The van der Waals surface area contributed by atoms with Gasteiger partial charge in [-0.2, -0.15) is 0 Å². The Hall–Kier alpha value is -5.53. The molecule has 1 aromatic heterocycles. The lowest BCUT2D eigenvalue weighted by molar-refractivity contribution is 1.29. The molecule has 1 heterocycles. The lowest BCUT2D eigenvalue weighted by Crippen LogP contribution is -2.17. The zero-order chi connectivity index (χ0) is 28.1. The molecule has 0 amide bonds. The summed E-state index contributed by atoms with van der Waals surface area (Å²) in [4.78, 5) is 4.57. The molecular formula is C41H29N. The molecule has 198 valence electrons. The summed E-state index contributed by atoms with van der Waals surface area (Å²) in [5.74, 6) is 0. The third-order valence-corrected chi connectivity index (χ3v) is 7.76. The van der Waals surface area contributed by atoms with E-state index in [1.54, 1.807) is 0 Å². The van der Waals surface area contributed by atoms with Gasteiger partial charge in [0.25, 0.3) is 0 Å². The van der Waals surface area contributed by atoms with Gasteiger partial charge >= 0.3 is 0 Å². The van der Waals surface area contributed by atoms with Crippen LogP contribution in [0.2, 0.25) is 0 Å². The molecule has 0 saturated heterocycles. The molecule has 1 aliphatic rings. The van der Waals surface area contributed by atoms with Gasteiger partial charge in [-0.1, -0.05) is 158 Å². The van der Waals surface area contributed by atoms with Gasteiger partial charge in [0.1, 0.15) is 0 Å². The SMILES string of the molecule is c1ccc(C2=C(c3cccnc3)C(=C(c3ccccc3)c3ccccc3)C2=C(c2ccccc2)c2ccccc2)cc1. The van der Waals surface area contributed by atoms with Crippen LogP contribution in [-0.4, -0.2) is 4.98 Å². The summed E-state index contributed by atoms with van der Waals surface area (Å²) < 4.78 is 0. The van der Waals surface area contributed by atoms with Gasteiger partial charge in [0.2, 0.25) is 0 Å². The van der Waals surface area contributed by atoms with E-state index in [0.717, 1.165) is 5.56 Å². The predicted molar refractivity (Wildman–Crippen MR) is 175 cm³/mol. The maximum absolute atomic E-state index is 4.57. The molecule has 0 spiro atoms. The van der Waals surface area contributed by atoms with Crippen molar-refractivity contribution in [1.29, 1.82) is 0 Å². The fourth-order valence-electron chi connectivity index (χ4n) is 5.96. The normalized spacial score (nSPS) is 12.6. The number of aromatic nitrogens is 1. The number of rotatable bonds is 6. The van der Waals surface area contributed by atoms with Crippen LogP contribution in [-0.2, 0) is 0 Å². The Morgan fingerprint density at radius 1 is 0.333 bits per heavy atom. The molecule has 0 N–H and O–H groups in total. The molecule has 6 aromatic rings. The number of benzene rings is 5. The van der Waals surface area contributed by atoms with Crippen LogP contribution in [0.5, 0.6) is 0 Å². The highest BCUT2D eigenvalue weighted by molar-refractivity contribution is 6.26. The van der Waals surface area contributed by atoms with Gasteiger partial charge in [-0.15, -0.1) is 0 Å². The van der Waals surface area contributed by atoms with Crippen LogP contribution in [0.1, 0.15) is 33.4 Å². The average molecular weight is 536 g/mol. The van der Waals surface area contributed by atoms with Gasteiger partial charge in [0.05, 0.1) is 0 Å². The van der Waals surface area contributed by atoms with E-state index in [-0.39, 0.29) is 0 Å². The highest BCUT2D eigenvalue weighted by Gasteiger charge is 2.37. The fraction of sp³-hybridized carbons (Fsp3) is 0. The average Bonchev–Trinajstić information content (AvgIpc) is 3.07. The molecular weight excluding hydrogens is 506 g/mol. The van der Waals surface area contributed by atoms with E-state index in [2.05, 4.69) is 163 Å². The second-order valence-corrected chi connectivity index (χ2v) is 10.3. The van der Waals surface area contributed by atoms with E-state index in [1.807, 2.05) is 18.5 Å². The number of nitrogens with zero attached hydrogens (tertiary/aromatic N) is 1. The van der Waals surface area contributed by atoms with Gasteiger partial charge in [-0.25, -0.2) is 0 Å². The maximum Gasteiger partial charge on any atom is 0.0346 e. The minimum absolute atomic E-state index is 1.11. The monoisotopic (exact) mass is 535 g/mol. The first-order valence-electron chi connectivity index (χ1n) is 14.3. The van der Waals surface area contributed by atoms with E-state index in [1.165, 1.54) is 61.3 Å². The van der Waals surface area contributed by atoms with Crippen molar-refractivity contribution in [3.8, 4) is 0 Å². The van der Waals surface area contributed by atoms with Crippen LogP contribution >= 0.6 is 0 Å². The molecule has 42 heavy (non-hydrogen) atoms. The van der Waals surface area contributed by atoms with Crippen molar-refractivity contribution in [3.05, 3.63) is 221 Å². The first-order chi connectivity index (χ1) is 20.9. The summed E-state index contributed by atoms with van der Waals surface area (Å²) in [7, 11) is 0. The molecule has 1 aliphatic carbocycles. The van der Waals surface area contributed by atoms with Crippen LogP contribution in [0.25, 0.3) is 22.3 Å². The lowest BCUT2D eigenvalue weighted by Gasteiger charge is -2.37. The Bertz CT molecular complexity index is 1670. The van der Waals surface area contributed by atoms with E-state index in [4.69, 9.17) is 0 Å². The van der Waals surface area contributed by atoms with Crippen molar-refractivity contribution in [2.75, 3.05) is 0 Å². The highest BCUT2D eigenvalue weighted by atomic mass is 14.6. The molecule has 1 heteroatoms. The quantitative estimate of drug-likeness (QED) is 0.207. The minimum Gasteiger partial charge on any atom is -0.264 e. The topological polar surface area (TPSA) is 12.9 Å². The molecule has 0 fully saturated rings. The van der Waals surface area contributed by atoms with Gasteiger partial charge in [0.15, 0.2) is 0 Å². The Morgan fingerprint density at radius 3 is 1.02 bits per heavy atom. The molecule has 0 aliphatic heterocycles. The van der Waals surface area contributed by atoms with E-state index < -0.39 is 0 Å². The fourth-order valence-corrected chi connectivity index (χ4v) is 5.96. The molecule has 0 radical (unpaired) electrons. The van der Waals surface area contributed by atoms with Gasteiger partial charge in [0, 0.05) is 23.5 Å². The predicted octanol–water partition coefficient (Wildman–Crippen LogP) is 10.0. The minimum atomic E-state index is 1.11. The highest BCUT2D eigenvalue weighted by Crippen LogP contribution is 2.58. The second kappa shape index (κ2) is 11.5. The summed E-state index contributed by atoms with van der Waals surface area (Å²) in [6.07, 6.45) is 3.84. The largest absolute Gasteiger partial charge is 0.264 e. The summed E-state index contributed by atoms with van der Waals surface area (Å²) >= 11 is 0. The number of pyridine rings is 1. The molecule has 1 nitrogen and oxygen atoms in total. The third-order valence-electron chi connectivity index (χ3n) is 7.76. The summed E-state index contributed by atoms with van der Waals surface area (Å²) in [5.41, 5.74) is 14.4.